The Morgan fingerprint density at radius 3 is 2.00 bits per heavy atom. The quantitative estimate of drug-likeness (QED) is 0.304. The van der Waals surface area contributed by atoms with E-state index in [0.29, 0.717) is 0 Å². The van der Waals surface area contributed by atoms with Crippen LogP contribution in [0.2, 0.25) is 0 Å². The molecule has 0 saturated heterocycles. The lowest BCUT2D eigenvalue weighted by atomic mass is 9.81. The Kier molecular flexibility index (Phi) is 3.03. The third-order valence-electron chi connectivity index (χ3n) is 2.37. The molecular formula is C7H14O5. The molecule has 0 aromatic heterocycles. The highest BCUT2D eigenvalue weighted by Gasteiger charge is 2.41. The molecule has 0 heterocycles. The molecule has 0 aromatic rings. The highest BCUT2D eigenvalue weighted by atomic mass is 16.4. The van der Waals surface area contributed by atoms with Crippen LogP contribution >= 0.6 is 0 Å². The largest absolute Gasteiger partial charge is 0.396 e. The summed E-state index contributed by atoms with van der Waals surface area (Å²) in [4.78, 5) is 0. The number of aliphatic hydroxyl groups excluding tert-OH is 5. The van der Waals surface area contributed by atoms with Crippen LogP contribution in [0, 0.1) is 5.92 Å². The fourth-order valence-electron chi connectivity index (χ4n) is 1.50. The summed E-state index contributed by atoms with van der Waals surface area (Å²) >= 11 is 0. The molecule has 0 radical (unpaired) electrons. The van der Waals surface area contributed by atoms with Crippen LogP contribution in [0.5, 0.6) is 0 Å². The minimum Gasteiger partial charge on any atom is -0.396 e. The SMILES string of the molecule is OC[C@H]1[C@H](O)[C@@H](O)[C@@H](O)C[C@@H]1O. The molecule has 1 aliphatic carbocycles. The third-order valence-corrected chi connectivity index (χ3v) is 2.37. The molecule has 5 N–H and O–H groups in total. The maximum absolute atomic E-state index is 9.25. The standard InChI is InChI=1S/C7H14O5/c8-2-3-4(9)1-5(10)7(12)6(3)11/h3-12H,1-2H2/t3-,4+,5+,6+,7+/m1/s1. The van der Waals surface area contributed by atoms with Crippen LogP contribution < -0.4 is 0 Å². The van der Waals surface area contributed by atoms with Gasteiger partial charge in [-0.1, -0.05) is 0 Å². The zero-order valence-electron chi connectivity index (χ0n) is 6.54. The van der Waals surface area contributed by atoms with Crippen molar-refractivity contribution in [2.45, 2.75) is 30.8 Å². The van der Waals surface area contributed by atoms with Crippen molar-refractivity contribution in [3.05, 3.63) is 0 Å². The van der Waals surface area contributed by atoms with Gasteiger partial charge in [-0.3, -0.25) is 0 Å². The van der Waals surface area contributed by atoms with Gasteiger partial charge < -0.3 is 25.5 Å². The Hall–Kier alpha value is -0.200. The van der Waals surface area contributed by atoms with Gasteiger partial charge in [0.25, 0.3) is 0 Å². The lowest BCUT2D eigenvalue weighted by molar-refractivity contribution is -0.157. The Labute approximate surface area is 69.9 Å². The summed E-state index contributed by atoms with van der Waals surface area (Å²) in [7, 11) is 0. The van der Waals surface area contributed by atoms with Gasteiger partial charge >= 0.3 is 0 Å². The van der Waals surface area contributed by atoms with Crippen LogP contribution in [-0.4, -0.2) is 56.6 Å². The molecule has 0 amide bonds. The van der Waals surface area contributed by atoms with E-state index in [4.69, 9.17) is 15.3 Å². The first-order valence-corrected chi connectivity index (χ1v) is 3.91. The van der Waals surface area contributed by atoms with Crippen molar-refractivity contribution in [2.75, 3.05) is 6.61 Å². The van der Waals surface area contributed by atoms with Crippen molar-refractivity contribution in [3.8, 4) is 0 Å². The number of hydrogen-bond donors (Lipinski definition) is 5. The maximum atomic E-state index is 9.25. The van der Waals surface area contributed by atoms with Crippen LogP contribution in [-0.2, 0) is 0 Å². The lowest BCUT2D eigenvalue weighted by Gasteiger charge is -2.37. The van der Waals surface area contributed by atoms with E-state index in [0.717, 1.165) is 0 Å². The molecule has 1 saturated carbocycles. The predicted octanol–water partition coefficient (Wildman–Crippen LogP) is -2.56. The minimum absolute atomic E-state index is 0.0105. The zero-order valence-corrected chi connectivity index (χ0v) is 6.54. The smallest absolute Gasteiger partial charge is 0.106 e. The average Bonchev–Trinajstić information content (AvgIpc) is 2.01. The maximum Gasteiger partial charge on any atom is 0.106 e. The Morgan fingerprint density at radius 2 is 1.50 bits per heavy atom. The predicted molar refractivity (Wildman–Crippen MR) is 39.2 cm³/mol. The molecule has 1 rings (SSSR count). The van der Waals surface area contributed by atoms with Crippen molar-refractivity contribution in [2.24, 2.45) is 5.92 Å². The van der Waals surface area contributed by atoms with Crippen molar-refractivity contribution in [1.82, 2.24) is 0 Å². The van der Waals surface area contributed by atoms with Gasteiger partial charge in [0, 0.05) is 12.3 Å². The van der Waals surface area contributed by atoms with Crippen molar-refractivity contribution >= 4 is 0 Å². The van der Waals surface area contributed by atoms with Gasteiger partial charge in [-0.25, -0.2) is 0 Å². The summed E-state index contributed by atoms with van der Waals surface area (Å²) in [6.07, 6.45) is -4.61. The third kappa shape index (κ3) is 1.60. The number of hydrogen-bond acceptors (Lipinski definition) is 5. The van der Waals surface area contributed by atoms with Gasteiger partial charge in [-0.15, -0.1) is 0 Å². The van der Waals surface area contributed by atoms with Crippen LogP contribution in [0.25, 0.3) is 0 Å². The first-order valence-electron chi connectivity index (χ1n) is 3.91. The van der Waals surface area contributed by atoms with Gasteiger partial charge in [0.15, 0.2) is 0 Å². The molecule has 5 nitrogen and oxygen atoms in total. The van der Waals surface area contributed by atoms with Crippen molar-refractivity contribution in [1.29, 1.82) is 0 Å². The molecule has 1 aliphatic rings. The van der Waals surface area contributed by atoms with Crippen molar-refractivity contribution in [3.63, 3.8) is 0 Å². The highest BCUT2D eigenvalue weighted by Crippen LogP contribution is 2.25. The fourth-order valence-corrected chi connectivity index (χ4v) is 1.50. The topological polar surface area (TPSA) is 101 Å². The molecule has 0 unspecified atom stereocenters. The summed E-state index contributed by atoms with van der Waals surface area (Å²) in [5.41, 5.74) is 0. The number of aliphatic hydroxyl groups is 5. The van der Waals surface area contributed by atoms with Gasteiger partial charge in [0.05, 0.1) is 24.9 Å². The Balaban J connectivity index is 2.65. The van der Waals surface area contributed by atoms with E-state index in [2.05, 4.69) is 0 Å². The molecule has 72 valence electrons. The highest BCUT2D eigenvalue weighted by molar-refractivity contribution is 4.91. The Morgan fingerprint density at radius 1 is 0.917 bits per heavy atom. The Bertz CT molecular complexity index is 151. The van der Waals surface area contributed by atoms with E-state index in [1.54, 1.807) is 0 Å². The summed E-state index contributed by atoms with van der Waals surface area (Å²) in [5, 5.41) is 45.4. The molecular weight excluding hydrogens is 164 g/mol. The average molecular weight is 178 g/mol. The molecule has 1 fully saturated rings. The van der Waals surface area contributed by atoms with Gasteiger partial charge in [0.2, 0.25) is 0 Å². The molecule has 12 heavy (non-hydrogen) atoms. The molecule has 5 heteroatoms. The molecule has 0 spiro atoms. The second kappa shape index (κ2) is 3.68. The number of rotatable bonds is 1. The van der Waals surface area contributed by atoms with Crippen molar-refractivity contribution < 1.29 is 25.5 Å². The zero-order chi connectivity index (χ0) is 9.30. The van der Waals surface area contributed by atoms with Crippen LogP contribution in [0.4, 0.5) is 0 Å². The summed E-state index contributed by atoms with van der Waals surface area (Å²) in [5.74, 6) is -0.761. The fraction of sp³-hybridized carbons (Fsp3) is 1.00. The van der Waals surface area contributed by atoms with E-state index < -0.39 is 36.9 Å². The van der Waals surface area contributed by atoms with Crippen LogP contribution in [0.15, 0.2) is 0 Å². The second-order valence-electron chi connectivity index (χ2n) is 3.20. The molecule has 0 aliphatic heterocycles. The summed E-state index contributed by atoms with van der Waals surface area (Å²) in [6, 6.07) is 0. The van der Waals surface area contributed by atoms with E-state index in [1.165, 1.54) is 0 Å². The molecule has 5 atom stereocenters. The summed E-state index contributed by atoms with van der Waals surface area (Å²) in [6.45, 7) is -0.397. The normalized spacial score (nSPS) is 49.2. The van der Waals surface area contributed by atoms with Gasteiger partial charge in [0.1, 0.15) is 6.10 Å². The van der Waals surface area contributed by atoms with E-state index in [9.17, 15) is 10.2 Å². The van der Waals surface area contributed by atoms with Crippen LogP contribution in [0.1, 0.15) is 6.42 Å². The summed E-state index contributed by atoms with van der Waals surface area (Å²) < 4.78 is 0. The lowest BCUT2D eigenvalue weighted by Crippen LogP contribution is -2.53. The minimum atomic E-state index is -1.27. The first kappa shape index (κ1) is 9.88. The second-order valence-corrected chi connectivity index (χ2v) is 3.20. The van der Waals surface area contributed by atoms with Gasteiger partial charge in [-0.05, 0) is 0 Å². The molecule has 0 aromatic carbocycles. The molecule has 0 bridgehead atoms. The van der Waals surface area contributed by atoms with Gasteiger partial charge in [-0.2, -0.15) is 0 Å². The first-order chi connectivity index (χ1) is 5.57. The van der Waals surface area contributed by atoms with E-state index in [1.807, 2.05) is 0 Å². The van der Waals surface area contributed by atoms with E-state index >= 15 is 0 Å². The monoisotopic (exact) mass is 178 g/mol. The van der Waals surface area contributed by atoms with E-state index in [-0.39, 0.29) is 6.42 Å². The van der Waals surface area contributed by atoms with Crippen LogP contribution in [0.3, 0.4) is 0 Å².